The summed E-state index contributed by atoms with van der Waals surface area (Å²) in [6, 6.07) is 0. The Morgan fingerprint density at radius 2 is 1.94 bits per heavy atom. The van der Waals surface area contributed by atoms with Crippen LogP contribution in [0.25, 0.3) is 0 Å². The Morgan fingerprint density at radius 1 is 1.35 bits per heavy atom. The lowest BCUT2D eigenvalue weighted by Crippen LogP contribution is -2.03. The van der Waals surface area contributed by atoms with Crippen molar-refractivity contribution in [3.63, 3.8) is 0 Å². The highest BCUT2D eigenvalue weighted by Crippen LogP contribution is 2.16. The first-order chi connectivity index (χ1) is 7.82. The number of hydrogen-bond acceptors (Lipinski definition) is 1. The third kappa shape index (κ3) is 8.49. The molecule has 2 heteroatoms. The zero-order valence-corrected chi connectivity index (χ0v) is 11.4. The minimum atomic E-state index is -0.896. The minimum absolute atomic E-state index is 0.241. The summed E-state index contributed by atoms with van der Waals surface area (Å²) in [5.41, 5.74) is 2.93. The largest absolute Gasteiger partial charge is 0.478 e. The van der Waals surface area contributed by atoms with Crippen LogP contribution >= 0.6 is 0 Å². The summed E-state index contributed by atoms with van der Waals surface area (Å²) >= 11 is 0. The van der Waals surface area contributed by atoms with E-state index in [9.17, 15) is 4.79 Å². The summed E-state index contributed by atoms with van der Waals surface area (Å²) in [6.07, 6.45) is 6.98. The summed E-state index contributed by atoms with van der Waals surface area (Å²) in [5, 5.41) is 8.74. The van der Waals surface area contributed by atoms with Crippen LogP contribution in [0.3, 0.4) is 0 Å². The lowest BCUT2D eigenvalue weighted by Gasteiger charge is -2.08. The summed E-state index contributed by atoms with van der Waals surface area (Å²) in [4.78, 5) is 10.6. The van der Waals surface area contributed by atoms with E-state index in [1.807, 2.05) is 6.92 Å². The third-order valence-corrected chi connectivity index (χ3v) is 2.53. The van der Waals surface area contributed by atoms with Crippen molar-refractivity contribution in [1.82, 2.24) is 0 Å². The van der Waals surface area contributed by atoms with Gasteiger partial charge in [-0.15, -0.1) is 0 Å². The number of allylic oxidation sites excluding steroid dienone is 4. The van der Waals surface area contributed by atoms with Crippen molar-refractivity contribution in [3.05, 3.63) is 35.5 Å². The van der Waals surface area contributed by atoms with Crippen LogP contribution in [0.1, 0.15) is 47.0 Å². The van der Waals surface area contributed by atoms with Crippen molar-refractivity contribution in [2.24, 2.45) is 5.92 Å². The standard InChI is InChI=1S/C15H24O2/c1-11(2)7-6-8-12(3)9-13(4)10-14(5)15(16)17/h7,9,13H,5-6,8,10H2,1-4H3,(H,16,17)/b12-9+. The van der Waals surface area contributed by atoms with Gasteiger partial charge < -0.3 is 5.11 Å². The van der Waals surface area contributed by atoms with E-state index in [1.54, 1.807) is 0 Å². The zero-order valence-electron chi connectivity index (χ0n) is 11.4. The number of carboxylic acid groups (broad SMARTS) is 1. The average Bonchev–Trinajstić information content (AvgIpc) is 2.16. The molecule has 17 heavy (non-hydrogen) atoms. The second-order valence-corrected chi connectivity index (χ2v) is 4.92. The summed E-state index contributed by atoms with van der Waals surface area (Å²) in [6.45, 7) is 11.9. The van der Waals surface area contributed by atoms with Gasteiger partial charge in [-0.1, -0.05) is 36.8 Å². The Labute approximate surface area is 105 Å². The number of hydrogen-bond donors (Lipinski definition) is 1. The van der Waals surface area contributed by atoms with Gasteiger partial charge in [-0.3, -0.25) is 0 Å². The molecule has 0 aromatic heterocycles. The zero-order chi connectivity index (χ0) is 13.4. The summed E-state index contributed by atoms with van der Waals surface area (Å²) in [5.74, 6) is -0.655. The Kier molecular flexibility index (Phi) is 7.27. The van der Waals surface area contributed by atoms with Gasteiger partial charge in [0.25, 0.3) is 0 Å². The molecule has 0 aromatic rings. The van der Waals surface area contributed by atoms with Gasteiger partial charge in [0.15, 0.2) is 0 Å². The Morgan fingerprint density at radius 3 is 2.41 bits per heavy atom. The SMILES string of the molecule is C=C(CC(C)/C=C(\C)CCC=C(C)C)C(=O)O. The molecule has 0 radical (unpaired) electrons. The van der Waals surface area contributed by atoms with Gasteiger partial charge in [-0.05, 0) is 46.0 Å². The predicted octanol–water partition coefficient (Wildman–Crippen LogP) is 4.35. The quantitative estimate of drug-likeness (QED) is 0.527. The maximum Gasteiger partial charge on any atom is 0.330 e. The topological polar surface area (TPSA) is 37.3 Å². The van der Waals surface area contributed by atoms with Crippen LogP contribution in [0.2, 0.25) is 0 Å². The van der Waals surface area contributed by atoms with Crippen LogP contribution in [0.15, 0.2) is 35.5 Å². The molecule has 0 saturated carbocycles. The van der Waals surface area contributed by atoms with Crippen molar-refractivity contribution >= 4 is 5.97 Å². The first kappa shape index (κ1) is 15.7. The summed E-state index contributed by atoms with van der Waals surface area (Å²) < 4.78 is 0. The fourth-order valence-corrected chi connectivity index (χ4v) is 1.69. The lowest BCUT2D eigenvalue weighted by molar-refractivity contribution is -0.132. The van der Waals surface area contributed by atoms with Crippen molar-refractivity contribution in [3.8, 4) is 0 Å². The van der Waals surface area contributed by atoms with Crippen molar-refractivity contribution in [2.75, 3.05) is 0 Å². The van der Waals surface area contributed by atoms with Crippen LogP contribution in [-0.2, 0) is 4.79 Å². The maximum atomic E-state index is 10.6. The molecule has 1 unspecified atom stereocenters. The molecule has 0 spiro atoms. The highest BCUT2D eigenvalue weighted by molar-refractivity contribution is 5.85. The molecular formula is C15H24O2. The lowest BCUT2D eigenvalue weighted by atomic mass is 9.98. The number of aliphatic carboxylic acids is 1. The predicted molar refractivity (Wildman–Crippen MR) is 73.0 cm³/mol. The van der Waals surface area contributed by atoms with Gasteiger partial charge in [0.2, 0.25) is 0 Å². The Bertz CT molecular complexity index is 331. The van der Waals surface area contributed by atoms with Gasteiger partial charge in [-0.25, -0.2) is 4.79 Å². The monoisotopic (exact) mass is 236 g/mol. The molecule has 0 aliphatic heterocycles. The summed E-state index contributed by atoms with van der Waals surface area (Å²) in [7, 11) is 0. The molecule has 2 nitrogen and oxygen atoms in total. The van der Waals surface area contributed by atoms with Crippen molar-refractivity contribution in [1.29, 1.82) is 0 Å². The molecule has 0 heterocycles. The van der Waals surface area contributed by atoms with E-state index < -0.39 is 5.97 Å². The van der Waals surface area contributed by atoms with Crippen molar-refractivity contribution in [2.45, 2.75) is 47.0 Å². The van der Waals surface area contributed by atoms with Crippen LogP contribution < -0.4 is 0 Å². The number of carboxylic acids is 1. The molecule has 0 aliphatic rings. The Hall–Kier alpha value is -1.31. The molecule has 0 rings (SSSR count). The number of carbonyl (C=O) groups is 1. The highest BCUT2D eigenvalue weighted by Gasteiger charge is 2.07. The van der Waals surface area contributed by atoms with E-state index in [0.29, 0.717) is 6.42 Å². The smallest absolute Gasteiger partial charge is 0.330 e. The van der Waals surface area contributed by atoms with Gasteiger partial charge in [0, 0.05) is 5.57 Å². The van der Waals surface area contributed by atoms with Gasteiger partial charge in [0.05, 0.1) is 0 Å². The van der Waals surface area contributed by atoms with Crippen molar-refractivity contribution < 1.29 is 9.90 Å². The van der Waals surface area contributed by atoms with Gasteiger partial charge >= 0.3 is 5.97 Å². The fraction of sp³-hybridized carbons (Fsp3) is 0.533. The van der Waals surface area contributed by atoms with Crippen LogP contribution in [0, 0.1) is 5.92 Å². The molecule has 1 atom stereocenters. The van der Waals surface area contributed by atoms with E-state index in [0.717, 1.165) is 12.8 Å². The molecule has 0 bridgehead atoms. The maximum absolute atomic E-state index is 10.6. The average molecular weight is 236 g/mol. The molecule has 96 valence electrons. The van der Waals surface area contributed by atoms with Crippen LogP contribution in [-0.4, -0.2) is 11.1 Å². The second kappa shape index (κ2) is 7.88. The molecule has 0 saturated heterocycles. The van der Waals surface area contributed by atoms with E-state index in [2.05, 4.69) is 39.5 Å². The van der Waals surface area contributed by atoms with Gasteiger partial charge in [-0.2, -0.15) is 0 Å². The van der Waals surface area contributed by atoms with E-state index in [1.165, 1.54) is 11.1 Å². The molecular weight excluding hydrogens is 212 g/mol. The second-order valence-electron chi connectivity index (χ2n) is 4.92. The Balaban J connectivity index is 4.15. The molecule has 0 aromatic carbocycles. The molecule has 0 amide bonds. The normalized spacial score (nSPS) is 13.1. The van der Waals surface area contributed by atoms with Crippen LogP contribution in [0.5, 0.6) is 0 Å². The first-order valence-corrected chi connectivity index (χ1v) is 6.04. The van der Waals surface area contributed by atoms with E-state index in [4.69, 9.17) is 5.11 Å². The van der Waals surface area contributed by atoms with Crippen LogP contribution in [0.4, 0.5) is 0 Å². The van der Waals surface area contributed by atoms with E-state index in [-0.39, 0.29) is 11.5 Å². The molecule has 0 aliphatic carbocycles. The first-order valence-electron chi connectivity index (χ1n) is 6.04. The third-order valence-electron chi connectivity index (χ3n) is 2.53. The fourth-order valence-electron chi connectivity index (χ4n) is 1.69. The van der Waals surface area contributed by atoms with E-state index >= 15 is 0 Å². The number of rotatable bonds is 7. The molecule has 1 N–H and O–H groups in total. The highest BCUT2D eigenvalue weighted by atomic mass is 16.4. The minimum Gasteiger partial charge on any atom is -0.478 e. The van der Waals surface area contributed by atoms with Gasteiger partial charge in [0.1, 0.15) is 0 Å². The molecule has 0 fully saturated rings.